The number of rotatable bonds is 5. The van der Waals surface area contributed by atoms with Crippen molar-refractivity contribution in [3.63, 3.8) is 0 Å². The normalized spacial score (nSPS) is 11.8. The number of para-hydroxylation sites is 2. The minimum absolute atomic E-state index is 0.591. The summed E-state index contributed by atoms with van der Waals surface area (Å²) in [4.78, 5) is 15.8. The van der Waals surface area contributed by atoms with Crippen LogP contribution in [0, 0.1) is 0 Å². The Balaban J connectivity index is 1.11. The molecular weight excluding hydrogens is 711 g/mol. The van der Waals surface area contributed by atoms with Crippen LogP contribution in [-0.2, 0) is 0 Å². The van der Waals surface area contributed by atoms with Gasteiger partial charge in [-0.15, -0.1) is 0 Å². The van der Waals surface area contributed by atoms with Crippen molar-refractivity contribution in [3.8, 4) is 56.4 Å². The van der Waals surface area contributed by atoms with E-state index in [1.165, 1.54) is 0 Å². The van der Waals surface area contributed by atoms with E-state index in [9.17, 15) is 0 Å². The summed E-state index contributed by atoms with van der Waals surface area (Å²) in [5.41, 5.74) is 10.5. The van der Waals surface area contributed by atoms with Crippen LogP contribution in [0.4, 0.5) is 0 Å². The summed E-state index contributed by atoms with van der Waals surface area (Å²) in [7, 11) is 0. The van der Waals surface area contributed by atoms with Crippen molar-refractivity contribution < 1.29 is 8.83 Å². The minimum Gasteiger partial charge on any atom is -0.456 e. The zero-order valence-corrected chi connectivity index (χ0v) is 31.1. The largest absolute Gasteiger partial charge is 0.456 e. The van der Waals surface area contributed by atoms with E-state index in [2.05, 4.69) is 152 Å². The van der Waals surface area contributed by atoms with E-state index in [4.69, 9.17) is 23.8 Å². The lowest BCUT2D eigenvalue weighted by Crippen LogP contribution is -2.01. The second kappa shape index (κ2) is 12.8. The molecule has 0 saturated carbocycles. The van der Waals surface area contributed by atoms with Gasteiger partial charge in [0.1, 0.15) is 22.3 Å². The summed E-state index contributed by atoms with van der Waals surface area (Å²) in [5, 5.41) is 8.77. The van der Waals surface area contributed by atoms with E-state index in [0.29, 0.717) is 17.5 Å². The molecule has 5 heteroatoms. The number of nitrogens with zero attached hydrogens (tertiary/aromatic N) is 3. The Bertz CT molecular complexity index is 3580. The van der Waals surface area contributed by atoms with Gasteiger partial charge in [-0.05, 0) is 92.3 Å². The lowest BCUT2D eigenvalue weighted by Gasteiger charge is -2.14. The maximum Gasteiger partial charge on any atom is 0.164 e. The van der Waals surface area contributed by atoms with Gasteiger partial charge in [0.05, 0.1) is 0 Å². The Kier molecular flexibility index (Phi) is 7.16. The Morgan fingerprint density at radius 2 is 0.845 bits per heavy atom. The molecule has 0 aliphatic rings. The molecule has 0 N–H and O–H groups in total. The van der Waals surface area contributed by atoms with Crippen molar-refractivity contribution in [3.05, 3.63) is 188 Å². The van der Waals surface area contributed by atoms with Crippen molar-refractivity contribution >= 4 is 65.4 Å². The summed E-state index contributed by atoms with van der Waals surface area (Å²) in [6, 6.07) is 65.2. The number of hydrogen-bond acceptors (Lipinski definition) is 5. The van der Waals surface area contributed by atoms with E-state index >= 15 is 0 Å². The molecule has 12 aromatic rings. The van der Waals surface area contributed by atoms with Gasteiger partial charge in [-0.1, -0.05) is 140 Å². The molecule has 5 nitrogen and oxygen atoms in total. The van der Waals surface area contributed by atoms with Crippen molar-refractivity contribution in [1.82, 2.24) is 15.0 Å². The Morgan fingerprint density at radius 1 is 0.276 bits per heavy atom. The van der Waals surface area contributed by atoms with Gasteiger partial charge in [-0.3, -0.25) is 0 Å². The quantitative estimate of drug-likeness (QED) is 0.176. The van der Waals surface area contributed by atoms with Crippen LogP contribution >= 0.6 is 0 Å². The maximum absolute atomic E-state index is 6.35. The van der Waals surface area contributed by atoms with Crippen molar-refractivity contribution in [2.45, 2.75) is 0 Å². The Morgan fingerprint density at radius 3 is 1.64 bits per heavy atom. The summed E-state index contributed by atoms with van der Waals surface area (Å²) in [5.74, 6) is 1.78. The average molecular weight is 742 g/mol. The van der Waals surface area contributed by atoms with E-state index in [1.807, 2.05) is 36.4 Å². The fraction of sp³-hybridized carbons (Fsp3) is 0. The first-order chi connectivity index (χ1) is 28.7. The van der Waals surface area contributed by atoms with Gasteiger partial charge in [0.15, 0.2) is 17.5 Å². The van der Waals surface area contributed by atoms with E-state index in [0.717, 1.165) is 104 Å². The van der Waals surface area contributed by atoms with Gasteiger partial charge >= 0.3 is 0 Å². The first-order valence-corrected chi connectivity index (χ1v) is 19.4. The third-order valence-electron chi connectivity index (χ3n) is 11.3. The molecule has 9 aromatic carbocycles. The smallest absolute Gasteiger partial charge is 0.164 e. The van der Waals surface area contributed by atoms with Crippen LogP contribution in [0.1, 0.15) is 0 Å². The van der Waals surface area contributed by atoms with E-state index in [-0.39, 0.29) is 0 Å². The Hall–Kier alpha value is -7.89. The highest BCUT2D eigenvalue weighted by molar-refractivity contribution is 6.19. The van der Waals surface area contributed by atoms with Crippen LogP contribution in [0.5, 0.6) is 0 Å². The van der Waals surface area contributed by atoms with Crippen molar-refractivity contribution in [2.24, 2.45) is 0 Å². The SMILES string of the molecule is c1ccc(-c2cccc(-c3nc(-c4cc(-c5cccc6oc7ccccc7c56)c5ccccc5c4)nc(-c4ccc5ccc6oc7ccccc7c6c5c4)n3)c2)cc1. The average Bonchev–Trinajstić information content (AvgIpc) is 3.88. The van der Waals surface area contributed by atoms with Gasteiger partial charge < -0.3 is 8.83 Å². The zero-order chi connectivity index (χ0) is 38.2. The number of fused-ring (bicyclic) bond motifs is 9. The molecule has 0 amide bonds. The lowest BCUT2D eigenvalue weighted by atomic mass is 9.92. The van der Waals surface area contributed by atoms with E-state index in [1.54, 1.807) is 0 Å². The molecule has 0 spiro atoms. The lowest BCUT2D eigenvalue weighted by molar-refractivity contribution is 0.668. The van der Waals surface area contributed by atoms with Gasteiger partial charge in [-0.25, -0.2) is 15.0 Å². The van der Waals surface area contributed by atoms with Crippen LogP contribution in [0.2, 0.25) is 0 Å². The number of aromatic nitrogens is 3. The minimum atomic E-state index is 0.591. The summed E-state index contributed by atoms with van der Waals surface area (Å²) in [6.07, 6.45) is 0. The molecular formula is C53H31N3O2. The summed E-state index contributed by atoms with van der Waals surface area (Å²) in [6.45, 7) is 0. The standard InChI is InChI=1S/C53H31N3O2/c1-2-12-32(13-3-1)34-15-10-16-36(28-34)51-54-52(37-25-24-33-26-27-48-50(43(33)30-37)42-19-7-9-22-46(42)58-48)56-53(55-51)38-29-35-14-4-5-17-39(35)44(31-38)40-20-11-23-47-49(40)41-18-6-8-21-45(41)57-47/h1-31H. The fourth-order valence-electron chi connectivity index (χ4n) is 8.58. The van der Waals surface area contributed by atoms with Crippen LogP contribution < -0.4 is 0 Å². The fourth-order valence-corrected chi connectivity index (χ4v) is 8.58. The van der Waals surface area contributed by atoms with Crippen molar-refractivity contribution in [2.75, 3.05) is 0 Å². The molecule has 3 aromatic heterocycles. The first-order valence-electron chi connectivity index (χ1n) is 19.4. The van der Waals surface area contributed by atoms with Gasteiger partial charge in [0, 0.05) is 38.2 Å². The highest BCUT2D eigenvalue weighted by Crippen LogP contribution is 2.42. The molecule has 0 saturated heterocycles. The second-order valence-electron chi connectivity index (χ2n) is 14.7. The third kappa shape index (κ3) is 5.21. The molecule has 0 radical (unpaired) electrons. The summed E-state index contributed by atoms with van der Waals surface area (Å²) < 4.78 is 12.6. The maximum atomic E-state index is 6.35. The summed E-state index contributed by atoms with van der Waals surface area (Å²) >= 11 is 0. The van der Waals surface area contributed by atoms with Gasteiger partial charge in [0.2, 0.25) is 0 Å². The number of benzene rings is 9. The number of furan rings is 2. The van der Waals surface area contributed by atoms with Crippen LogP contribution in [-0.4, -0.2) is 15.0 Å². The molecule has 0 atom stereocenters. The first kappa shape index (κ1) is 32.4. The van der Waals surface area contributed by atoms with E-state index < -0.39 is 0 Å². The van der Waals surface area contributed by atoms with Crippen LogP contribution in [0.25, 0.3) is 122 Å². The topological polar surface area (TPSA) is 65.0 Å². The molecule has 0 fully saturated rings. The highest BCUT2D eigenvalue weighted by Gasteiger charge is 2.19. The Labute approximate surface area is 332 Å². The molecule has 3 heterocycles. The zero-order valence-electron chi connectivity index (χ0n) is 31.1. The predicted molar refractivity (Wildman–Crippen MR) is 237 cm³/mol. The van der Waals surface area contributed by atoms with Crippen molar-refractivity contribution in [1.29, 1.82) is 0 Å². The van der Waals surface area contributed by atoms with Crippen LogP contribution in [0.15, 0.2) is 197 Å². The molecule has 0 bridgehead atoms. The molecule has 0 aliphatic heterocycles. The molecule has 270 valence electrons. The molecule has 58 heavy (non-hydrogen) atoms. The highest BCUT2D eigenvalue weighted by atomic mass is 16.3. The second-order valence-corrected chi connectivity index (χ2v) is 14.7. The monoisotopic (exact) mass is 741 g/mol. The number of hydrogen-bond donors (Lipinski definition) is 0. The predicted octanol–water partition coefficient (Wildman–Crippen LogP) is 14.3. The molecule has 0 aliphatic carbocycles. The van der Waals surface area contributed by atoms with Gasteiger partial charge in [-0.2, -0.15) is 0 Å². The third-order valence-corrected chi connectivity index (χ3v) is 11.3. The molecule has 12 rings (SSSR count). The van der Waals surface area contributed by atoms with Crippen LogP contribution in [0.3, 0.4) is 0 Å². The van der Waals surface area contributed by atoms with Gasteiger partial charge in [0.25, 0.3) is 0 Å². The molecule has 0 unspecified atom stereocenters.